The third-order valence-electron chi connectivity index (χ3n) is 6.44. The van der Waals surface area contributed by atoms with Gasteiger partial charge in [0.1, 0.15) is 0 Å². The number of ether oxygens (including phenoxy) is 1. The van der Waals surface area contributed by atoms with Crippen LogP contribution in [0.1, 0.15) is 54.5 Å². The highest BCUT2D eigenvalue weighted by molar-refractivity contribution is 5.85. The van der Waals surface area contributed by atoms with Crippen molar-refractivity contribution < 1.29 is 14.3 Å². The van der Waals surface area contributed by atoms with Gasteiger partial charge >= 0.3 is 5.97 Å². The lowest BCUT2D eigenvalue weighted by Gasteiger charge is -2.33. The van der Waals surface area contributed by atoms with Crippen LogP contribution in [0.25, 0.3) is 11.1 Å². The predicted molar refractivity (Wildman–Crippen MR) is 131 cm³/mol. The van der Waals surface area contributed by atoms with Crippen molar-refractivity contribution in [1.82, 2.24) is 5.32 Å². The number of benzene rings is 3. The number of fused-ring (bicyclic) bond motifs is 3. The molecule has 0 bridgehead atoms. The van der Waals surface area contributed by atoms with Crippen molar-refractivity contribution in [3.05, 3.63) is 94.5 Å². The maximum atomic E-state index is 12.4. The molecule has 1 aliphatic rings. The minimum atomic E-state index is -0.548. The summed E-state index contributed by atoms with van der Waals surface area (Å²) in [6.07, 6.45) is 2.66. The summed E-state index contributed by atoms with van der Waals surface area (Å²) in [5, 5.41) is 3.32. The van der Waals surface area contributed by atoms with Crippen molar-refractivity contribution in [2.24, 2.45) is 0 Å². The van der Waals surface area contributed by atoms with E-state index >= 15 is 0 Å². The monoisotopic (exact) mass is 441 g/mol. The number of amides is 1. The highest BCUT2D eigenvalue weighted by Crippen LogP contribution is 2.49. The Labute approximate surface area is 196 Å². The van der Waals surface area contributed by atoms with Crippen LogP contribution in [0.2, 0.25) is 0 Å². The summed E-state index contributed by atoms with van der Waals surface area (Å²) in [6, 6.07) is 23.3. The fraction of sp³-hybridized carbons (Fsp3) is 0.310. The Morgan fingerprint density at radius 1 is 0.879 bits per heavy atom. The Bertz CT molecular complexity index is 1170. The minimum Gasteiger partial charge on any atom is -0.466 e. The maximum Gasteiger partial charge on any atom is 0.306 e. The molecule has 0 spiro atoms. The topological polar surface area (TPSA) is 55.4 Å². The number of nitrogens with one attached hydrogen (secondary N) is 1. The molecule has 0 fully saturated rings. The van der Waals surface area contributed by atoms with Crippen molar-refractivity contribution in [1.29, 1.82) is 0 Å². The van der Waals surface area contributed by atoms with Crippen LogP contribution in [-0.4, -0.2) is 18.5 Å². The van der Waals surface area contributed by atoms with Crippen molar-refractivity contribution in [2.45, 2.75) is 52.0 Å². The molecule has 0 heterocycles. The van der Waals surface area contributed by atoms with Gasteiger partial charge in [0.2, 0.25) is 5.91 Å². The van der Waals surface area contributed by atoms with Crippen LogP contribution in [-0.2, 0) is 32.7 Å². The second-order valence-corrected chi connectivity index (χ2v) is 8.80. The molecule has 1 atom stereocenters. The molecule has 0 aliphatic heterocycles. The Kier molecular flexibility index (Phi) is 6.64. The smallest absolute Gasteiger partial charge is 0.306 e. The molecule has 1 aliphatic carbocycles. The molecular formula is C29H31NO3. The molecule has 3 aromatic carbocycles. The lowest BCUT2D eigenvalue weighted by molar-refractivity contribution is -0.143. The molecule has 1 amide bonds. The highest BCUT2D eigenvalue weighted by Gasteiger charge is 2.43. The van der Waals surface area contributed by atoms with Crippen molar-refractivity contribution in [2.75, 3.05) is 6.61 Å². The van der Waals surface area contributed by atoms with Crippen LogP contribution < -0.4 is 5.32 Å². The quantitative estimate of drug-likeness (QED) is 0.471. The number of hydrogen-bond acceptors (Lipinski definition) is 3. The summed E-state index contributed by atoms with van der Waals surface area (Å²) in [7, 11) is 0. The average molecular weight is 442 g/mol. The largest absolute Gasteiger partial charge is 0.466 e. The van der Waals surface area contributed by atoms with E-state index in [-0.39, 0.29) is 11.9 Å². The first-order chi connectivity index (χ1) is 15.9. The lowest BCUT2D eigenvalue weighted by Crippen LogP contribution is -2.45. The summed E-state index contributed by atoms with van der Waals surface area (Å²) < 4.78 is 5.02. The number of carbonyl (C=O) groups excluding carboxylic acids is 2. The summed E-state index contributed by atoms with van der Waals surface area (Å²) in [6.45, 7) is 5.93. The number of carbonyl (C=O) groups is 2. The van der Waals surface area contributed by atoms with E-state index in [1.54, 1.807) is 6.92 Å². The van der Waals surface area contributed by atoms with Gasteiger partial charge in [-0.25, -0.2) is 0 Å². The van der Waals surface area contributed by atoms with Gasteiger partial charge in [-0.2, -0.15) is 0 Å². The van der Waals surface area contributed by atoms with E-state index in [1.165, 1.54) is 22.3 Å². The summed E-state index contributed by atoms with van der Waals surface area (Å²) in [5.41, 5.74) is 7.71. The normalized spacial score (nSPS) is 16.1. The zero-order chi connectivity index (χ0) is 23.4. The summed E-state index contributed by atoms with van der Waals surface area (Å²) in [4.78, 5) is 24.0. The molecule has 0 saturated carbocycles. The van der Waals surface area contributed by atoms with Gasteiger partial charge in [-0.05, 0) is 66.5 Å². The summed E-state index contributed by atoms with van der Waals surface area (Å²) in [5.74, 6) is -0.194. The molecule has 0 radical (unpaired) electrons. The minimum absolute atomic E-state index is 0.0347. The van der Waals surface area contributed by atoms with Crippen molar-refractivity contribution >= 4 is 11.9 Å². The molecule has 33 heavy (non-hydrogen) atoms. The number of hydrogen-bond donors (Lipinski definition) is 1. The Morgan fingerprint density at radius 3 is 2.24 bits per heavy atom. The molecule has 170 valence electrons. The van der Waals surface area contributed by atoms with E-state index in [1.807, 2.05) is 13.0 Å². The molecule has 0 aromatic heterocycles. The third kappa shape index (κ3) is 4.70. The SMILES string of the molecule is CCOC(=O)CCc1ccc(CCC2(NC(C)=O)c3ccccc3-c3cc(C)ccc32)cc1. The molecular weight excluding hydrogens is 410 g/mol. The lowest BCUT2D eigenvalue weighted by atomic mass is 9.81. The van der Waals surface area contributed by atoms with E-state index in [2.05, 4.69) is 72.9 Å². The van der Waals surface area contributed by atoms with Gasteiger partial charge in [-0.15, -0.1) is 0 Å². The third-order valence-corrected chi connectivity index (χ3v) is 6.44. The standard InChI is InChI=1S/C29H31NO3/c1-4-33-28(32)16-14-22-10-12-23(13-11-22)17-18-29(30-21(3)31)26-8-6-5-7-24(26)25-19-20(2)9-15-27(25)29/h5-13,15,19H,4,14,16-18H2,1-3H3,(H,30,31). The van der Waals surface area contributed by atoms with Crippen LogP contribution in [0.4, 0.5) is 0 Å². The fourth-order valence-electron chi connectivity index (χ4n) is 4.94. The van der Waals surface area contributed by atoms with Gasteiger partial charge in [-0.1, -0.05) is 72.3 Å². The molecule has 1 N–H and O–H groups in total. The molecule has 1 unspecified atom stereocenters. The zero-order valence-corrected chi connectivity index (χ0v) is 19.6. The van der Waals surface area contributed by atoms with Crippen LogP contribution in [0.5, 0.6) is 0 Å². The van der Waals surface area contributed by atoms with Crippen molar-refractivity contribution in [3.63, 3.8) is 0 Å². The average Bonchev–Trinajstić information content (AvgIpc) is 3.06. The zero-order valence-electron chi connectivity index (χ0n) is 19.6. The number of esters is 1. The van der Waals surface area contributed by atoms with Crippen LogP contribution in [0, 0.1) is 6.92 Å². The Balaban J connectivity index is 1.59. The first-order valence-electron chi connectivity index (χ1n) is 11.7. The van der Waals surface area contributed by atoms with Gasteiger partial charge in [0.15, 0.2) is 0 Å². The van der Waals surface area contributed by atoms with Gasteiger partial charge in [-0.3, -0.25) is 9.59 Å². The number of rotatable bonds is 8. The molecule has 0 saturated heterocycles. The van der Waals surface area contributed by atoms with Crippen LogP contribution >= 0.6 is 0 Å². The van der Waals surface area contributed by atoms with Gasteiger partial charge in [0, 0.05) is 13.3 Å². The highest BCUT2D eigenvalue weighted by atomic mass is 16.5. The molecule has 4 heteroatoms. The van der Waals surface area contributed by atoms with Gasteiger partial charge in [0.25, 0.3) is 0 Å². The second kappa shape index (κ2) is 9.62. The van der Waals surface area contributed by atoms with Crippen LogP contribution in [0.15, 0.2) is 66.7 Å². The predicted octanol–water partition coefficient (Wildman–Crippen LogP) is 5.48. The number of aryl methyl sites for hydroxylation is 3. The Hall–Kier alpha value is -3.40. The Morgan fingerprint density at radius 2 is 1.55 bits per heavy atom. The first-order valence-corrected chi connectivity index (χ1v) is 11.7. The van der Waals surface area contributed by atoms with E-state index in [0.29, 0.717) is 19.4 Å². The fourth-order valence-corrected chi connectivity index (χ4v) is 4.94. The van der Waals surface area contributed by atoms with E-state index in [4.69, 9.17) is 4.74 Å². The van der Waals surface area contributed by atoms with E-state index < -0.39 is 5.54 Å². The van der Waals surface area contributed by atoms with Gasteiger partial charge in [0.05, 0.1) is 12.1 Å². The van der Waals surface area contributed by atoms with Crippen molar-refractivity contribution in [3.8, 4) is 11.1 Å². The first kappa shape index (κ1) is 22.8. The van der Waals surface area contributed by atoms with E-state index in [9.17, 15) is 9.59 Å². The molecule has 3 aromatic rings. The molecule has 4 rings (SSSR count). The second-order valence-electron chi connectivity index (χ2n) is 8.80. The summed E-state index contributed by atoms with van der Waals surface area (Å²) >= 11 is 0. The van der Waals surface area contributed by atoms with Gasteiger partial charge < -0.3 is 10.1 Å². The van der Waals surface area contributed by atoms with Crippen LogP contribution in [0.3, 0.4) is 0 Å². The maximum absolute atomic E-state index is 12.4. The molecule has 4 nitrogen and oxygen atoms in total. The van der Waals surface area contributed by atoms with E-state index in [0.717, 1.165) is 29.5 Å².